The lowest BCUT2D eigenvalue weighted by Crippen LogP contribution is -2.43. The number of aryl methyl sites for hydroxylation is 2. The first-order chi connectivity index (χ1) is 11.7. The summed E-state index contributed by atoms with van der Waals surface area (Å²) in [6.45, 7) is 8.51. The predicted molar refractivity (Wildman–Crippen MR) is 96.8 cm³/mol. The zero-order valence-corrected chi connectivity index (χ0v) is 14.4. The molecular formula is C19H27N3O2. The minimum absolute atomic E-state index is 0.411. The highest BCUT2D eigenvalue weighted by Crippen LogP contribution is 2.26. The Balaban J connectivity index is 1.79. The molecule has 2 N–H and O–H groups in total. The molecule has 1 aliphatic heterocycles. The van der Waals surface area contributed by atoms with E-state index in [9.17, 15) is 9.90 Å². The van der Waals surface area contributed by atoms with Crippen LogP contribution in [-0.2, 0) is 13.0 Å². The molecule has 2 heterocycles. The Labute approximate surface area is 143 Å². The van der Waals surface area contributed by atoms with Crippen molar-refractivity contribution >= 4 is 16.9 Å². The van der Waals surface area contributed by atoms with E-state index in [2.05, 4.69) is 34.0 Å². The molecule has 0 unspecified atom stereocenters. The summed E-state index contributed by atoms with van der Waals surface area (Å²) >= 11 is 0. The molecule has 5 heteroatoms. The maximum absolute atomic E-state index is 11.6. The largest absolute Gasteiger partial charge is 0.478 e. The predicted octanol–water partition coefficient (Wildman–Crippen LogP) is 2.59. The Morgan fingerprint density at radius 2 is 2.04 bits per heavy atom. The summed E-state index contributed by atoms with van der Waals surface area (Å²) in [7, 11) is 0. The van der Waals surface area contributed by atoms with Gasteiger partial charge in [-0.15, -0.1) is 0 Å². The van der Waals surface area contributed by atoms with Crippen molar-refractivity contribution in [1.82, 2.24) is 14.8 Å². The quantitative estimate of drug-likeness (QED) is 0.820. The van der Waals surface area contributed by atoms with E-state index < -0.39 is 5.97 Å². The Morgan fingerprint density at radius 3 is 2.75 bits per heavy atom. The maximum Gasteiger partial charge on any atom is 0.337 e. The molecule has 1 fully saturated rings. The van der Waals surface area contributed by atoms with Crippen molar-refractivity contribution in [3.05, 3.63) is 35.5 Å². The molecule has 130 valence electrons. The number of piperazine rings is 1. The average molecular weight is 329 g/mol. The first-order valence-corrected chi connectivity index (χ1v) is 8.97. The third-order valence-electron chi connectivity index (χ3n) is 4.81. The van der Waals surface area contributed by atoms with Crippen LogP contribution in [-0.4, -0.2) is 53.3 Å². The maximum atomic E-state index is 11.6. The number of fused-ring (bicyclic) bond motifs is 1. The highest BCUT2D eigenvalue weighted by molar-refractivity contribution is 6.03. The number of rotatable bonds is 7. The molecule has 1 aromatic carbocycles. The summed E-state index contributed by atoms with van der Waals surface area (Å²) in [5.74, 6) is -0.844. The van der Waals surface area contributed by atoms with Crippen molar-refractivity contribution in [1.29, 1.82) is 0 Å². The van der Waals surface area contributed by atoms with Gasteiger partial charge in [0, 0.05) is 44.3 Å². The van der Waals surface area contributed by atoms with Crippen molar-refractivity contribution in [3.8, 4) is 0 Å². The molecule has 5 nitrogen and oxygen atoms in total. The van der Waals surface area contributed by atoms with Crippen LogP contribution in [0, 0.1) is 0 Å². The molecule has 0 aliphatic carbocycles. The molecule has 2 aromatic rings. The van der Waals surface area contributed by atoms with Crippen LogP contribution < -0.4 is 5.32 Å². The van der Waals surface area contributed by atoms with Crippen LogP contribution >= 0.6 is 0 Å². The van der Waals surface area contributed by atoms with E-state index in [0.29, 0.717) is 5.56 Å². The number of carbonyl (C=O) groups is 1. The Bertz CT molecular complexity index is 702. The number of carboxylic acids is 1. The zero-order valence-electron chi connectivity index (χ0n) is 14.4. The number of hydrogen-bond acceptors (Lipinski definition) is 3. The van der Waals surface area contributed by atoms with Gasteiger partial charge in [-0.25, -0.2) is 4.79 Å². The van der Waals surface area contributed by atoms with Gasteiger partial charge in [0.15, 0.2) is 0 Å². The van der Waals surface area contributed by atoms with Crippen LogP contribution in [0.25, 0.3) is 10.9 Å². The molecule has 1 aliphatic rings. The summed E-state index contributed by atoms with van der Waals surface area (Å²) in [5.41, 5.74) is 2.56. The summed E-state index contributed by atoms with van der Waals surface area (Å²) in [4.78, 5) is 14.1. The first kappa shape index (κ1) is 17.0. The number of hydrogen-bond donors (Lipinski definition) is 2. The fourth-order valence-corrected chi connectivity index (χ4v) is 3.65. The second-order valence-corrected chi connectivity index (χ2v) is 6.55. The molecule has 0 atom stereocenters. The van der Waals surface area contributed by atoms with Gasteiger partial charge in [-0.05, 0) is 37.4 Å². The minimum atomic E-state index is -0.844. The van der Waals surface area contributed by atoms with E-state index in [0.717, 1.165) is 69.4 Å². The molecule has 0 spiro atoms. The van der Waals surface area contributed by atoms with Crippen molar-refractivity contribution in [2.45, 2.75) is 32.7 Å². The summed E-state index contributed by atoms with van der Waals surface area (Å²) < 4.78 is 2.12. The molecule has 1 saturated heterocycles. The summed E-state index contributed by atoms with van der Waals surface area (Å²) in [5, 5.41) is 14.0. The smallest absolute Gasteiger partial charge is 0.337 e. The van der Waals surface area contributed by atoms with Gasteiger partial charge in [-0.2, -0.15) is 0 Å². The molecule has 0 radical (unpaired) electrons. The van der Waals surface area contributed by atoms with Crippen LogP contribution in [0.2, 0.25) is 0 Å². The van der Waals surface area contributed by atoms with E-state index in [1.54, 1.807) is 6.07 Å². The number of aromatic nitrogens is 1. The Morgan fingerprint density at radius 1 is 1.25 bits per heavy atom. The number of nitrogens with one attached hydrogen (secondary N) is 1. The lowest BCUT2D eigenvalue weighted by molar-refractivity contribution is 0.0698. The number of benzene rings is 1. The highest BCUT2D eigenvalue weighted by atomic mass is 16.4. The van der Waals surface area contributed by atoms with E-state index >= 15 is 0 Å². The fourth-order valence-electron chi connectivity index (χ4n) is 3.65. The number of carboxylic acid groups (broad SMARTS) is 1. The van der Waals surface area contributed by atoms with Crippen LogP contribution in [0.15, 0.2) is 24.4 Å². The van der Waals surface area contributed by atoms with E-state index in [1.165, 1.54) is 5.56 Å². The molecule has 3 rings (SSSR count). The summed E-state index contributed by atoms with van der Waals surface area (Å²) in [6, 6.07) is 5.64. The van der Waals surface area contributed by atoms with Gasteiger partial charge in [0.1, 0.15) is 0 Å². The lowest BCUT2D eigenvalue weighted by atomic mass is 10.1. The van der Waals surface area contributed by atoms with Gasteiger partial charge in [-0.1, -0.05) is 19.1 Å². The van der Waals surface area contributed by atoms with Crippen LogP contribution in [0.3, 0.4) is 0 Å². The van der Waals surface area contributed by atoms with Gasteiger partial charge in [-0.3, -0.25) is 0 Å². The van der Waals surface area contributed by atoms with Crippen LogP contribution in [0.4, 0.5) is 0 Å². The lowest BCUT2D eigenvalue weighted by Gasteiger charge is -2.26. The molecule has 24 heavy (non-hydrogen) atoms. The van der Waals surface area contributed by atoms with Crippen LogP contribution in [0.5, 0.6) is 0 Å². The molecule has 1 aromatic heterocycles. The highest BCUT2D eigenvalue weighted by Gasteiger charge is 2.16. The number of aromatic carboxylic acids is 1. The van der Waals surface area contributed by atoms with E-state index in [4.69, 9.17) is 0 Å². The third-order valence-corrected chi connectivity index (χ3v) is 4.81. The normalized spacial score (nSPS) is 15.9. The van der Waals surface area contributed by atoms with E-state index in [-0.39, 0.29) is 0 Å². The Hall–Kier alpha value is -1.85. The standard InChI is InChI=1S/C19H27N3O2/c1-2-10-22-14-15(5-4-11-21-12-8-20-9-13-21)16-6-3-7-17(18(16)22)19(23)24/h3,6-7,14,20H,2,4-5,8-13H2,1H3,(H,23,24). The average Bonchev–Trinajstić information content (AvgIpc) is 2.94. The zero-order chi connectivity index (χ0) is 16.9. The van der Waals surface area contributed by atoms with Crippen molar-refractivity contribution in [2.75, 3.05) is 32.7 Å². The summed E-state index contributed by atoms with van der Waals surface area (Å²) in [6.07, 6.45) is 5.28. The number of nitrogens with zero attached hydrogens (tertiary/aromatic N) is 2. The third kappa shape index (κ3) is 3.62. The molecular weight excluding hydrogens is 302 g/mol. The van der Waals surface area contributed by atoms with Crippen molar-refractivity contribution in [2.24, 2.45) is 0 Å². The fraction of sp³-hybridized carbons (Fsp3) is 0.526. The van der Waals surface area contributed by atoms with Gasteiger partial charge in [0.25, 0.3) is 0 Å². The van der Waals surface area contributed by atoms with Crippen molar-refractivity contribution in [3.63, 3.8) is 0 Å². The van der Waals surface area contributed by atoms with Crippen LogP contribution in [0.1, 0.15) is 35.7 Å². The molecule has 0 amide bonds. The minimum Gasteiger partial charge on any atom is -0.478 e. The van der Waals surface area contributed by atoms with Gasteiger partial charge in [0.05, 0.1) is 11.1 Å². The van der Waals surface area contributed by atoms with Gasteiger partial charge >= 0.3 is 5.97 Å². The topological polar surface area (TPSA) is 57.5 Å². The van der Waals surface area contributed by atoms with E-state index in [1.807, 2.05) is 6.07 Å². The molecule has 0 bridgehead atoms. The molecule has 0 saturated carbocycles. The second-order valence-electron chi connectivity index (χ2n) is 6.55. The number of para-hydroxylation sites is 1. The van der Waals surface area contributed by atoms with Gasteiger partial charge < -0.3 is 19.9 Å². The SMILES string of the molecule is CCCn1cc(CCCN2CCNCC2)c2cccc(C(=O)O)c21. The monoisotopic (exact) mass is 329 g/mol. The Kier molecular flexibility index (Phi) is 5.53. The van der Waals surface area contributed by atoms with Crippen molar-refractivity contribution < 1.29 is 9.90 Å². The second kappa shape index (κ2) is 7.81. The first-order valence-electron chi connectivity index (χ1n) is 8.97. The van der Waals surface area contributed by atoms with Gasteiger partial charge in [0.2, 0.25) is 0 Å².